The molecule has 2 atom stereocenters. The molecule has 1 aliphatic rings. The summed E-state index contributed by atoms with van der Waals surface area (Å²) in [5.74, 6) is 0.476. The van der Waals surface area contributed by atoms with Crippen molar-refractivity contribution in [2.24, 2.45) is 5.92 Å². The Bertz CT molecular complexity index is 417. The molecule has 4 nitrogen and oxygen atoms in total. The van der Waals surface area contributed by atoms with E-state index in [0.717, 1.165) is 31.5 Å². The lowest BCUT2D eigenvalue weighted by Gasteiger charge is -2.11. The van der Waals surface area contributed by atoms with Crippen molar-refractivity contribution in [2.45, 2.75) is 32.3 Å². The third-order valence-corrected chi connectivity index (χ3v) is 3.57. The lowest BCUT2D eigenvalue weighted by Crippen LogP contribution is -2.31. The summed E-state index contributed by atoms with van der Waals surface area (Å²) in [4.78, 5) is 11.7. The lowest BCUT2D eigenvalue weighted by molar-refractivity contribution is -0.115. The molecule has 2 unspecified atom stereocenters. The fourth-order valence-electron chi connectivity index (χ4n) is 2.47. The van der Waals surface area contributed by atoms with Gasteiger partial charge < -0.3 is 15.7 Å². The second-order valence-corrected chi connectivity index (χ2v) is 5.38. The maximum atomic E-state index is 11.7. The number of aliphatic hydroxyl groups excluding tert-OH is 1. The molecule has 2 rings (SSSR count). The van der Waals surface area contributed by atoms with E-state index < -0.39 is 0 Å². The van der Waals surface area contributed by atoms with Gasteiger partial charge in [-0.1, -0.05) is 17.7 Å². The molecule has 1 aromatic rings. The Morgan fingerprint density at radius 1 is 1.32 bits per heavy atom. The predicted octanol–water partition coefficient (Wildman–Crippen LogP) is 1.68. The number of rotatable bonds is 5. The molecule has 0 radical (unpaired) electrons. The smallest absolute Gasteiger partial charge is 0.238 e. The SMILES string of the molecule is Cc1ccc(NC(=O)CNCC2CCC(O)C2)cc1. The second kappa shape index (κ2) is 6.68. The largest absolute Gasteiger partial charge is 0.393 e. The molecule has 0 saturated heterocycles. The van der Waals surface area contributed by atoms with Gasteiger partial charge in [0.15, 0.2) is 0 Å². The van der Waals surface area contributed by atoms with Crippen LogP contribution in [0.25, 0.3) is 0 Å². The lowest BCUT2D eigenvalue weighted by atomic mass is 10.1. The first kappa shape index (κ1) is 14.0. The molecule has 1 amide bonds. The molecule has 0 spiro atoms. The van der Waals surface area contributed by atoms with E-state index in [1.165, 1.54) is 5.56 Å². The van der Waals surface area contributed by atoms with Gasteiger partial charge in [-0.3, -0.25) is 4.79 Å². The zero-order chi connectivity index (χ0) is 13.7. The Morgan fingerprint density at radius 2 is 2.05 bits per heavy atom. The molecule has 3 N–H and O–H groups in total. The van der Waals surface area contributed by atoms with Crippen LogP contribution in [-0.4, -0.2) is 30.2 Å². The average molecular weight is 262 g/mol. The van der Waals surface area contributed by atoms with Gasteiger partial charge >= 0.3 is 0 Å². The Balaban J connectivity index is 1.66. The summed E-state index contributed by atoms with van der Waals surface area (Å²) >= 11 is 0. The molecule has 0 aromatic heterocycles. The summed E-state index contributed by atoms with van der Waals surface area (Å²) in [6.07, 6.45) is 2.65. The molecule has 1 aromatic carbocycles. The van der Waals surface area contributed by atoms with E-state index in [4.69, 9.17) is 0 Å². The number of hydrogen-bond donors (Lipinski definition) is 3. The van der Waals surface area contributed by atoms with Crippen LogP contribution in [0.15, 0.2) is 24.3 Å². The Hall–Kier alpha value is -1.39. The van der Waals surface area contributed by atoms with Crippen LogP contribution in [0, 0.1) is 12.8 Å². The quantitative estimate of drug-likeness (QED) is 0.756. The van der Waals surface area contributed by atoms with Crippen molar-refractivity contribution >= 4 is 11.6 Å². The first-order valence-electron chi connectivity index (χ1n) is 6.89. The highest BCUT2D eigenvalue weighted by Gasteiger charge is 2.22. The summed E-state index contributed by atoms with van der Waals surface area (Å²) in [5.41, 5.74) is 2.00. The maximum Gasteiger partial charge on any atom is 0.238 e. The van der Waals surface area contributed by atoms with Gasteiger partial charge in [0.2, 0.25) is 5.91 Å². The van der Waals surface area contributed by atoms with Crippen molar-refractivity contribution in [3.63, 3.8) is 0 Å². The van der Waals surface area contributed by atoms with Crippen LogP contribution in [-0.2, 0) is 4.79 Å². The van der Waals surface area contributed by atoms with E-state index >= 15 is 0 Å². The second-order valence-electron chi connectivity index (χ2n) is 5.38. The molecule has 0 heterocycles. The predicted molar refractivity (Wildman–Crippen MR) is 76.0 cm³/mol. The van der Waals surface area contributed by atoms with E-state index in [0.29, 0.717) is 12.5 Å². The number of anilines is 1. The van der Waals surface area contributed by atoms with Gasteiger partial charge in [0, 0.05) is 5.69 Å². The molecule has 4 heteroatoms. The van der Waals surface area contributed by atoms with Crippen LogP contribution in [0.1, 0.15) is 24.8 Å². The van der Waals surface area contributed by atoms with E-state index in [1.807, 2.05) is 31.2 Å². The van der Waals surface area contributed by atoms with Crippen molar-refractivity contribution in [1.29, 1.82) is 0 Å². The number of carbonyl (C=O) groups is 1. The van der Waals surface area contributed by atoms with Gasteiger partial charge in [0.25, 0.3) is 0 Å². The van der Waals surface area contributed by atoms with Crippen LogP contribution in [0.5, 0.6) is 0 Å². The summed E-state index contributed by atoms with van der Waals surface area (Å²) in [6.45, 7) is 3.14. The number of amides is 1. The zero-order valence-corrected chi connectivity index (χ0v) is 11.4. The van der Waals surface area contributed by atoms with Gasteiger partial charge in [0.1, 0.15) is 0 Å². The van der Waals surface area contributed by atoms with Crippen molar-refractivity contribution in [2.75, 3.05) is 18.4 Å². The molecular formula is C15H22N2O2. The first-order chi connectivity index (χ1) is 9.13. The molecule has 1 fully saturated rings. The Labute approximate surface area is 114 Å². The minimum Gasteiger partial charge on any atom is -0.393 e. The van der Waals surface area contributed by atoms with Crippen LogP contribution in [0.3, 0.4) is 0 Å². The van der Waals surface area contributed by atoms with Crippen LogP contribution >= 0.6 is 0 Å². The van der Waals surface area contributed by atoms with Crippen LogP contribution in [0.4, 0.5) is 5.69 Å². The molecule has 19 heavy (non-hydrogen) atoms. The standard InChI is InChI=1S/C15H22N2O2/c1-11-2-5-13(6-3-11)17-15(19)10-16-9-12-4-7-14(18)8-12/h2-3,5-6,12,14,16,18H,4,7-10H2,1H3,(H,17,19). The highest BCUT2D eigenvalue weighted by molar-refractivity contribution is 5.92. The van der Waals surface area contributed by atoms with Gasteiger partial charge in [-0.15, -0.1) is 0 Å². The number of aryl methyl sites for hydroxylation is 1. The van der Waals surface area contributed by atoms with Gasteiger partial charge in [-0.2, -0.15) is 0 Å². The fourth-order valence-corrected chi connectivity index (χ4v) is 2.47. The normalized spacial score (nSPS) is 22.4. The Kier molecular flexibility index (Phi) is 4.93. The average Bonchev–Trinajstić information content (AvgIpc) is 2.78. The van der Waals surface area contributed by atoms with E-state index in [-0.39, 0.29) is 12.0 Å². The van der Waals surface area contributed by atoms with Crippen molar-refractivity contribution in [3.8, 4) is 0 Å². The van der Waals surface area contributed by atoms with E-state index in [9.17, 15) is 9.90 Å². The summed E-state index contributed by atoms with van der Waals surface area (Å²) in [5, 5.41) is 15.4. The topological polar surface area (TPSA) is 61.4 Å². The van der Waals surface area contributed by atoms with E-state index in [1.54, 1.807) is 0 Å². The highest BCUT2D eigenvalue weighted by Crippen LogP contribution is 2.24. The summed E-state index contributed by atoms with van der Waals surface area (Å²) in [6, 6.07) is 7.76. The van der Waals surface area contributed by atoms with Crippen molar-refractivity contribution in [1.82, 2.24) is 5.32 Å². The zero-order valence-electron chi connectivity index (χ0n) is 11.4. The number of carbonyl (C=O) groups excluding carboxylic acids is 1. The van der Waals surface area contributed by atoms with Gasteiger partial charge in [-0.05, 0) is 50.8 Å². The molecule has 0 aliphatic heterocycles. The minimum absolute atomic E-state index is 0.0256. The minimum atomic E-state index is -0.145. The monoisotopic (exact) mass is 262 g/mol. The summed E-state index contributed by atoms with van der Waals surface area (Å²) in [7, 11) is 0. The third kappa shape index (κ3) is 4.65. The Morgan fingerprint density at radius 3 is 2.68 bits per heavy atom. The number of benzene rings is 1. The van der Waals surface area contributed by atoms with Crippen molar-refractivity contribution < 1.29 is 9.90 Å². The number of nitrogens with one attached hydrogen (secondary N) is 2. The molecular weight excluding hydrogens is 240 g/mol. The molecule has 104 valence electrons. The van der Waals surface area contributed by atoms with Gasteiger partial charge in [-0.25, -0.2) is 0 Å². The number of aliphatic hydroxyl groups is 1. The van der Waals surface area contributed by atoms with E-state index in [2.05, 4.69) is 10.6 Å². The first-order valence-corrected chi connectivity index (χ1v) is 6.89. The highest BCUT2D eigenvalue weighted by atomic mass is 16.3. The van der Waals surface area contributed by atoms with Crippen LogP contribution in [0.2, 0.25) is 0 Å². The van der Waals surface area contributed by atoms with Crippen molar-refractivity contribution in [3.05, 3.63) is 29.8 Å². The molecule has 1 saturated carbocycles. The molecule has 0 bridgehead atoms. The third-order valence-electron chi connectivity index (χ3n) is 3.57. The summed E-state index contributed by atoms with van der Waals surface area (Å²) < 4.78 is 0. The number of hydrogen-bond acceptors (Lipinski definition) is 3. The maximum absolute atomic E-state index is 11.7. The molecule has 1 aliphatic carbocycles. The van der Waals surface area contributed by atoms with Gasteiger partial charge in [0.05, 0.1) is 12.6 Å². The fraction of sp³-hybridized carbons (Fsp3) is 0.533. The van der Waals surface area contributed by atoms with Crippen LogP contribution < -0.4 is 10.6 Å².